The molecule has 4 rings (SSSR count). The van der Waals surface area contributed by atoms with E-state index in [2.05, 4.69) is 5.10 Å². The van der Waals surface area contributed by atoms with Gasteiger partial charge in [0.05, 0.1) is 0 Å². The molecule has 0 fully saturated rings. The molecule has 0 spiro atoms. The second-order valence-electron chi connectivity index (χ2n) is 6.85. The minimum atomic E-state index is -0.972. The molecule has 0 saturated carbocycles. The van der Waals surface area contributed by atoms with E-state index in [4.69, 9.17) is 4.74 Å². The summed E-state index contributed by atoms with van der Waals surface area (Å²) in [5.41, 5.74) is 0.849. The van der Waals surface area contributed by atoms with E-state index in [0.29, 0.717) is 11.3 Å². The standard InChI is InChI=1S/C24H17F3N2O2/c1-15(31-17-10-11-18(21(27)14-17)16-6-3-2-4-7-16)22-12-13-29(28-22)24(30)23-19(25)8-5-9-20(23)26/h2-15H,1H3. The van der Waals surface area contributed by atoms with Crippen molar-refractivity contribution >= 4 is 5.91 Å². The molecule has 0 amide bonds. The van der Waals surface area contributed by atoms with Gasteiger partial charge in [0.15, 0.2) is 0 Å². The average molecular weight is 422 g/mol. The van der Waals surface area contributed by atoms with Crippen molar-refractivity contribution in [3.05, 3.63) is 108 Å². The van der Waals surface area contributed by atoms with Crippen LogP contribution in [0.2, 0.25) is 0 Å². The average Bonchev–Trinajstić information content (AvgIpc) is 3.25. The third kappa shape index (κ3) is 4.21. The van der Waals surface area contributed by atoms with Crippen LogP contribution in [-0.4, -0.2) is 15.7 Å². The number of carbonyl (C=O) groups is 1. The first-order valence-corrected chi connectivity index (χ1v) is 9.50. The number of ether oxygens (including phenoxy) is 1. The quantitative estimate of drug-likeness (QED) is 0.409. The molecule has 1 heterocycles. The number of hydrogen-bond donors (Lipinski definition) is 0. The molecule has 0 aliphatic heterocycles. The Morgan fingerprint density at radius 2 is 1.61 bits per heavy atom. The van der Waals surface area contributed by atoms with Crippen LogP contribution in [0.4, 0.5) is 13.2 Å². The first-order chi connectivity index (χ1) is 14.9. The van der Waals surface area contributed by atoms with Crippen LogP contribution >= 0.6 is 0 Å². The van der Waals surface area contributed by atoms with Crippen LogP contribution < -0.4 is 4.74 Å². The zero-order chi connectivity index (χ0) is 22.0. The van der Waals surface area contributed by atoms with Crippen molar-refractivity contribution in [2.75, 3.05) is 0 Å². The molecule has 4 aromatic rings. The first-order valence-electron chi connectivity index (χ1n) is 9.50. The lowest BCUT2D eigenvalue weighted by atomic mass is 10.1. The molecular weight excluding hydrogens is 405 g/mol. The first kappa shape index (κ1) is 20.4. The molecular formula is C24H17F3N2O2. The Bertz CT molecular complexity index is 1220. The molecule has 0 bridgehead atoms. The van der Waals surface area contributed by atoms with Gasteiger partial charge in [0.1, 0.15) is 40.6 Å². The minimum absolute atomic E-state index is 0.283. The fourth-order valence-electron chi connectivity index (χ4n) is 3.17. The number of nitrogens with zero attached hydrogens (tertiary/aromatic N) is 2. The van der Waals surface area contributed by atoms with Crippen molar-refractivity contribution in [3.8, 4) is 16.9 Å². The lowest BCUT2D eigenvalue weighted by molar-refractivity contribution is 0.0934. The van der Waals surface area contributed by atoms with E-state index in [0.717, 1.165) is 22.4 Å². The van der Waals surface area contributed by atoms with Crippen LogP contribution in [0.15, 0.2) is 79.0 Å². The summed E-state index contributed by atoms with van der Waals surface area (Å²) >= 11 is 0. The molecule has 0 N–H and O–H groups in total. The Morgan fingerprint density at radius 1 is 0.903 bits per heavy atom. The van der Waals surface area contributed by atoms with Crippen molar-refractivity contribution in [1.29, 1.82) is 0 Å². The van der Waals surface area contributed by atoms with Gasteiger partial charge in [0.25, 0.3) is 5.91 Å². The van der Waals surface area contributed by atoms with Crippen molar-refractivity contribution in [3.63, 3.8) is 0 Å². The summed E-state index contributed by atoms with van der Waals surface area (Å²) in [6, 6.07) is 18.3. The largest absolute Gasteiger partial charge is 0.484 e. The maximum atomic E-state index is 14.5. The van der Waals surface area contributed by atoms with Gasteiger partial charge in [-0.25, -0.2) is 17.9 Å². The summed E-state index contributed by atoms with van der Waals surface area (Å²) in [5.74, 6) is -3.04. The summed E-state index contributed by atoms with van der Waals surface area (Å²) in [5, 5.41) is 4.07. The smallest absolute Gasteiger partial charge is 0.284 e. The molecule has 3 aromatic carbocycles. The molecule has 0 aliphatic rings. The van der Waals surface area contributed by atoms with Crippen LogP contribution in [0.25, 0.3) is 11.1 Å². The lowest BCUT2D eigenvalue weighted by Crippen LogP contribution is -2.17. The Labute approximate surface area is 176 Å². The predicted octanol–water partition coefficient (Wildman–Crippen LogP) is 5.80. The van der Waals surface area contributed by atoms with Gasteiger partial charge in [-0.05, 0) is 42.8 Å². The van der Waals surface area contributed by atoms with E-state index >= 15 is 0 Å². The fraction of sp³-hybridized carbons (Fsp3) is 0.0833. The molecule has 4 nitrogen and oxygen atoms in total. The Kier molecular flexibility index (Phi) is 5.58. The van der Waals surface area contributed by atoms with E-state index in [-0.39, 0.29) is 5.75 Å². The maximum Gasteiger partial charge on any atom is 0.284 e. The summed E-state index contributed by atoms with van der Waals surface area (Å²) < 4.78 is 48.9. The number of rotatable bonds is 5. The van der Waals surface area contributed by atoms with Gasteiger partial charge in [0, 0.05) is 17.8 Å². The van der Waals surface area contributed by atoms with Crippen molar-refractivity contribution < 1.29 is 22.7 Å². The maximum absolute atomic E-state index is 14.5. The number of aromatic nitrogens is 2. The van der Waals surface area contributed by atoms with Gasteiger partial charge in [-0.1, -0.05) is 36.4 Å². The molecule has 1 unspecified atom stereocenters. The van der Waals surface area contributed by atoms with Crippen LogP contribution in [0.1, 0.15) is 29.1 Å². The topological polar surface area (TPSA) is 44.1 Å². The van der Waals surface area contributed by atoms with Gasteiger partial charge >= 0.3 is 0 Å². The van der Waals surface area contributed by atoms with Gasteiger partial charge in [0.2, 0.25) is 0 Å². The summed E-state index contributed by atoms with van der Waals surface area (Å²) in [7, 11) is 0. The third-order valence-corrected chi connectivity index (χ3v) is 4.75. The molecule has 0 saturated heterocycles. The van der Waals surface area contributed by atoms with Crippen molar-refractivity contribution in [2.45, 2.75) is 13.0 Å². The SMILES string of the molecule is CC(Oc1ccc(-c2ccccc2)c(F)c1)c1ccn(C(=O)c2c(F)cccc2F)n1. The van der Waals surface area contributed by atoms with E-state index in [1.165, 1.54) is 24.4 Å². The van der Waals surface area contributed by atoms with E-state index in [1.807, 2.05) is 30.3 Å². The van der Waals surface area contributed by atoms with Crippen molar-refractivity contribution in [2.24, 2.45) is 0 Å². The molecule has 1 atom stereocenters. The van der Waals surface area contributed by atoms with Crippen LogP contribution in [0.5, 0.6) is 5.75 Å². The second kappa shape index (κ2) is 8.47. The fourth-order valence-corrected chi connectivity index (χ4v) is 3.17. The van der Waals surface area contributed by atoms with Crippen LogP contribution in [-0.2, 0) is 0 Å². The van der Waals surface area contributed by atoms with Crippen LogP contribution in [0.3, 0.4) is 0 Å². The highest BCUT2D eigenvalue weighted by atomic mass is 19.1. The van der Waals surface area contributed by atoms with Gasteiger partial charge in [-0.3, -0.25) is 4.79 Å². The minimum Gasteiger partial charge on any atom is -0.484 e. The summed E-state index contributed by atoms with van der Waals surface area (Å²) in [6.45, 7) is 1.67. The monoisotopic (exact) mass is 422 g/mol. The highest BCUT2D eigenvalue weighted by Crippen LogP contribution is 2.28. The highest BCUT2D eigenvalue weighted by molar-refractivity contribution is 5.95. The third-order valence-electron chi connectivity index (χ3n) is 4.75. The van der Waals surface area contributed by atoms with E-state index < -0.39 is 35.0 Å². The normalized spacial score (nSPS) is 11.9. The number of halogens is 3. The number of hydrogen-bond acceptors (Lipinski definition) is 3. The summed E-state index contributed by atoms with van der Waals surface area (Å²) in [4.78, 5) is 12.4. The van der Waals surface area contributed by atoms with Crippen LogP contribution in [0, 0.1) is 17.5 Å². The number of benzene rings is 3. The number of carbonyl (C=O) groups excluding carboxylic acids is 1. The predicted molar refractivity (Wildman–Crippen MR) is 109 cm³/mol. The molecule has 0 aliphatic carbocycles. The zero-order valence-corrected chi connectivity index (χ0v) is 16.4. The molecule has 0 radical (unpaired) electrons. The molecule has 7 heteroatoms. The highest BCUT2D eigenvalue weighted by Gasteiger charge is 2.21. The summed E-state index contributed by atoms with van der Waals surface area (Å²) in [6.07, 6.45) is 0.657. The Morgan fingerprint density at radius 3 is 2.29 bits per heavy atom. The lowest BCUT2D eigenvalue weighted by Gasteiger charge is -2.14. The molecule has 1 aromatic heterocycles. The Balaban J connectivity index is 1.51. The zero-order valence-electron chi connectivity index (χ0n) is 16.4. The van der Waals surface area contributed by atoms with Gasteiger partial charge < -0.3 is 4.74 Å². The van der Waals surface area contributed by atoms with Crippen molar-refractivity contribution in [1.82, 2.24) is 9.78 Å². The van der Waals surface area contributed by atoms with E-state index in [9.17, 15) is 18.0 Å². The van der Waals surface area contributed by atoms with E-state index in [1.54, 1.807) is 19.1 Å². The second-order valence-corrected chi connectivity index (χ2v) is 6.85. The van der Waals surface area contributed by atoms with Gasteiger partial charge in [-0.15, -0.1) is 0 Å². The van der Waals surface area contributed by atoms with Gasteiger partial charge in [-0.2, -0.15) is 5.10 Å². The molecule has 156 valence electrons. The molecule has 31 heavy (non-hydrogen) atoms. The Hall–Kier alpha value is -3.87.